The number of unbranched alkanes of at least 4 members (excludes halogenated alkanes) is 2. The summed E-state index contributed by atoms with van der Waals surface area (Å²) < 4.78 is 0. The first-order valence-electron chi connectivity index (χ1n) is 13.1. The van der Waals surface area contributed by atoms with Crippen molar-refractivity contribution in [2.75, 3.05) is 26.2 Å². The molecule has 0 spiro atoms. The van der Waals surface area contributed by atoms with Gasteiger partial charge in [0, 0.05) is 0 Å². The first kappa shape index (κ1) is 32.3. The van der Waals surface area contributed by atoms with Gasteiger partial charge in [-0.15, -0.1) is 0 Å². The van der Waals surface area contributed by atoms with Crippen LogP contribution in [-0.2, 0) is 24.0 Å². The summed E-state index contributed by atoms with van der Waals surface area (Å²) in [6, 6.07) is -3.25. The zero-order valence-corrected chi connectivity index (χ0v) is 22.0. The average molecular weight is 528 g/mol. The Bertz CT molecular complexity index is 758. The molecule has 1 saturated heterocycles. The van der Waals surface area contributed by atoms with Gasteiger partial charge in [0.1, 0.15) is 18.1 Å². The molecule has 1 aliphatic heterocycles. The zero-order valence-electron chi connectivity index (χ0n) is 22.0. The standard InChI is InChI=1S/C24H45N7O6/c1-15(2)20(31-21(33)16-10-7-13-27-16)23(35)28-14-19(32)29-17(8-3-5-11-25)22(34)30-18(24(36)37)9-4-6-12-26/h15-18,20,27H,3-14,25-26H2,1-2H3,(H,28,35)(H,29,32)(H,30,34)(H,31,33)(H,36,37)/t16-,17-,18-,20-/m0/s1. The van der Waals surface area contributed by atoms with Crippen molar-refractivity contribution in [1.82, 2.24) is 26.6 Å². The van der Waals surface area contributed by atoms with E-state index in [0.29, 0.717) is 45.2 Å². The molecule has 0 unspecified atom stereocenters. The van der Waals surface area contributed by atoms with E-state index in [2.05, 4.69) is 26.6 Å². The van der Waals surface area contributed by atoms with Crippen molar-refractivity contribution in [1.29, 1.82) is 0 Å². The third-order valence-electron chi connectivity index (χ3n) is 6.21. The fourth-order valence-corrected chi connectivity index (χ4v) is 4.00. The molecule has 1 aliphatic rings. The molecular weight excluding hydrogens is 482 g/mol. The number of carboxylic acids is 1. The van der Waals surface area contributed by atoms with Gasteiger partial charge in [0.15, 0.2) is 0 Å². The van der Waals surface area contributed by atoms with E-state index in [-0.39, 0.29) is 30.7 Å². The second-order valence-corrected chi connectivity index (χ2v) is 9.69. The Labute approximate surface area is 218 Å². The third-order valence-corrected chi connectivity index (χ3v) is 6.21. The van der Waals surface area contributed by atoms with Gasteiger partial charge >= 0.3 is 5.97 Å². The van der Waals surface area contributed by atoms with Gasteiger partial charge in [-0.1, -0.05) is 13.8 Å². The summed E-state index contributed by atoms with van der Waals surface area (Å²) in [5.41, 5.74) is 11.0. The Hall–Kier alpha value is -2.77. The highest BCUT2D eigenvalue weighted by atomic mass is 16.4. The summed E-state index contributed by atoms with van der Waals surface area (Å²) in [5.74, 6) is -3.37. The predicted octanol–water partition coefficient (Wildman–Crippen LogP) is -1.69. The van der Waals surface area contributed by atoms with Crippen LogP contribution in [0.1, 0.15) is 65.2 Å². The van der Waals surface area contributed by atoms with Crippen molar-refractivity contribution in [3.8, 4) is 0 Å². The number of nitrogens with two attached hydrogens (primary N) is 2. The molecule has 212 valence electrons. The lowest BCUT2D eigenvalue weighted by Gasteiger charge is -2.24. The van der Waals surface area contributed by atoms with Gasteiger partial charge in [-0.3, -0.25) is 19.2 Å². The number of hydrogen-bond acceptors (Lipinski definition) is 8. The smallest absolute Gasteiger partial charge is 0.326 e. The molecular formula is C24H45N7O6. The van der Waals surface area contributed by atoms with Crippen LogP contribution < -0.4 is 38.1 Å². The van der Waals surface area contributed by atoms with Crippen LogP contribution in [0.15, 0.2) is 0 Å². The number of hydrogen-bond donors (Lipinski definition) is 8. The largest absolute Gasteiger partial charge is 0.480 e. The molecule has 0 aromatic carbocycles. The van der Waals surface area contributed by atoms with E-state index in [1.54, 1.807) is 13.8 Å². The van der Waals surface area contributed by atoms with Gasteiger partial charge in [-0.2, -0.15) is 0 Å². The molecule has 1 fully saturated rings. The molecule has 4 atom stereocenters. The summed E-state index contributed by atoms with van der Waals surface area (Å²) in [5, 5.41) is 22.9. The van der Waals surface area contributed by atoms with Crippen molar-refractivity contribution in [2.24, 2.45) is 17.4 Å². The summed E-state index contributed by atoms with van der Waals surface area (Å²) in [7, 11) is 0. The number of amides is 4. The molecule has 4 amide bonds. The number of nitrogens with one attached hydrogen (secondary N) is 5. The molecule has 0 aromatic heterocycles. The van der Waals surface area contributed by atoms with Crippen LogP contribution in [0.25, 0.3) is 0 Å². The normalized spacial score (nSPS) is 17.5. The quantitative estimate of drug-likeness (QED) is 0.0952. The number of carbonyl (C=O) groups is 5. The summed E-state index contributed by atoms with van der Waals surface area (Å²) in [6.07, 6.45) is 4.40. The van der Waals surface area contributed by atoms with Crippen molar-refractivity contribution < 1.29 is 29.1 Å². The summed E-state index contributed by atoms with van der Waals surface area (Å²) >= 11 is 0. The van der Waals surface area contributed by atoms with Crippen LogP contribution in [0, 0.1) is 5.92 Å². The van der Waals surface area contributed by atoms with Crippen LogP contribution >= 0.6 is 0 Å². The number of aliphatic carboxylic acids is 1. The second kappa shape index (κ2) is 17.6. The molecule has 1 heterocycles. The zero-order chi connectivity index (χ0) is 27.8. The van der Waals surface area contributed by atoms with Crippen LogP contribution in [0.4, 0.5) is 0 Å². The first-order chi connectivity index (χ1) is 17.6. The SMILES string of the molecule is CC(C)[C@H](NC(=O)[C@@H]1CCCN1)C(=O)NCC(=O)N[C@@H](CCCCN)C(=O)N[C@@H](CCCCN)C(=O)O. The molecule has 13 nitrogen and oxygen atoms in total. The van der Waals surface area contributed by atoms with Crippen molar-refractivity contribution in [3.05, 3.63) is 0 Å². The Morgan fingerprint density at radius 2 is 1.51 bits per heavy atom. The Balaban J connectivity index is 2.70. The Morgan fingerprint density at radius 1 is 0.892 bits per heavy atom. The number of carbonyl (C=O) groups excluding carboxylic acids is 4. The van der Waals surface area contributed by atoms with E-state index >= 15 is 0 Å². The van der Waals surface area contributed by atoms with Gasteiger partial charge in [0.2, 0.25) is 23.6 Å². The summed E-state index contributed by atoms with van der Waals surface area (Å²) in [6.45, 7) is 4.75. The van der Waals surface area contributed by atoms with Crippen molar-refractivity contribution in [2.45, 2.75) is 89.4 Å². The third kappa shape index (κ3) is 12.3. The summed E-state index contributed by atoms with van der Waals surface area (Å²) in [4.78, 5) is 62.1. The lowest BCUT2D eigenvalue weighted by Crippen LogP contribution is -2.56. The maximum atomic E-state index is 12.8. The minimum Gasteiger partial charge on any atom is -0.480 e. The number of rotatable bonds is 18. The van der Waals surface area contributed by atoms with E-state index in [1.807, 2.05) is 0 Å². The lowest BCUT2D eigenvalue weighted by molar-refractivity contribution is -0.142. The fourth-order valence-electron chi connectivity index (χ4n) is 4.00. The second-order valence-electron chi connectivity index (χ2n) is 9.69. The van der Waals surface area contributed by atoms with E-state index in [0.717, 1.165) is 13.0 Å². The first-order valence-corrected chi connectivity index (χ1v) is 13.1. The maximum Gasteiger partial charge on any atom is 0.326 e. The molecule has 1 rings (SSSR count). The highest BCUT2D eigenvalue weighted by Crippen LogP contribution is 2.08. The Morgan fingerprint density at radius 3 is 2.03 bits per heavy atom. The van der Waals surface area contributed by atoms with Crippen LogP contribution in [0.2, 0.25) is 0 Å². The molecule has 0 bridgehead atoms. The van der Waals surface area contributed by atoms with Crippen LogP contribution in [-0.4, -0.2) is 85.1 Å². The van der Waals surface area contributed by atoms with Gasteiger partial charge in [-0.05, 0) is 76.9 Å². The van der Waals surface area contributed by atoms with Crippen molar-refractivity contribution in [3.63, 3.8) is 0 Å². The van der Waals surface area contributed by atoms with Crippen LogP contribution in [0.3, 0.4) is 0 Å². The molecule has 13 heteroatoms. The van der Waals surface area contributed by atoms with E-state index in [4.69, 9.17) is 11.5 Å². The predicted molar refractivity (Wildman–Crippen MR) is 138 cm³/mol. The maximum absolute atomic E-state index is 12.8. The topological polar surface area (TPSA) is 218 Å². The van der Waals surface area contributed by atoms with Gasteiger partial charge in [-0.25, -0.2) is 4.79 Å². The minimum atomic E-state index is -1.17. The number of carboxylic acid groups (broad SMARTS) is 1. The minimum absolute atomic E-state index is 0.213. The lowest BCUT2D eigenvalue weighted by atomic mass is 10.0. The highest BCUT2D eigenvalue weighted by molar-refractivity contribution is 5.94. The fraction of sp³-hybridized carbons (Fsp3) is 0.792. The van der Waals surface area contributed by atoms with Gasteiger partial charge in [0.05, 0.1) is 12.6 Å². The van der Waals surface area contributed by atoms with E-state index in [9.17, 15) is 29.1 Å². The molecule has 0 radical (unpaired) electrons. The molecule has 0 saturated carbocycles. The van der Waals surface area contributed by atoms with Crippen LogP contribution in [0.5, 0.6) is 0 Å². The molecule has 37 heavy (non-hydrogen) atoms. The van der Waals surface area contributed by atoms with Crippen molar-refractivity contribution >= 4 is 29.6 Å². The average Bonchev–Trinajstić information content (AvgIpc) is 3.39. The molecule has 0 aromatic rings. The van der Waals surface area contributed by atoms with E-state index < -0.39 is 48.4 Å². The van der Waals surface area contributed by atoms with Gasteiger partial charge < -0.3 is 43.2 Å². The van der Waals surface area contributed by atoms with Gasteiger partial charge in [0.25, 0.3) is 0 Å². The molecule has 10 N–H and O–H groups in total. The van der Waals surface area contributed by atoms with E-state index in [1.165, 1.54) is 0 Å². The Kier molecular flexibility index (Phi) is 15.4. The molecule has 0 aliphatic carbocycles. The monoisotopic (exact) mass is 527 g/mol. The highest BCUT2D eigenvalue weighted by Gasteiger charge is 2.30.